The Balaban J connectivity index is 2.84. The Bertz CT molecular complexity index is 475. The van der Waals surface area contributed by atoms with Gasteiger partial charge in [-0.15, -0.1) is 0 Å². The number of halogens is 1. The summed E-state index contributed by atoms with van der Waals surface area (Å²) in [5.74, 6) is -0.361. The molecule has 2 amide bonds. The average molecular weight is 284 g/mol. The molecule has 1 aromatic rings. The number of rotatable bonds is 5. The highest BCUT2D eigenvalue weighted by molar-refractivity contribution is 6.34. The Labute approximate surface area is 117 Å². The van der Waals surface area contributed by atoms with Crippen LogP contribution in [0, 0.1) is 0 Å². The van der Waals surface area contributed by atoms with E-state index in [1.54, 1.807) is 32.3 Å². The molecule has 0 aromatic heterocycles. The third-order valence-corrected chi connectivity index (χ3v) is 2.75. The van der Waals surface area contributed by atoms with Crippen molar-refractivity contribution in [3.8, 4) is 0 Å². The van der Waals surface area contributed by atoms with Crippen molar-refractivity contribution in [1.82, 2.24) is 10.2 Å². The number of nitrogens with zero attached hydrogens (tertiary/aromatic N) is 1. The Morgan fingerprint density at radius 3 is 2.58 bits per heavy atom. The van der Waals surface area contributed by atoms with Crippen LogP contribution in [0.4, 0.5) is 5.69 Å². The van der Waals surface area contributed by atoms with Crippen LogP contribution in [0.2, 0.25) is 5.02 Å². The van der Waals surface area contributed by atoms with Crippen LogP contribution in [0.25, 0.3) is 0 Å². The van der Waals surface area contributed by atoms with E-state index in [0.717, 1.165) is 6.54 Å². The van der Waals surface area contributed by atoms with E-state index < -0.39 is 0 Å². The lowest BCUT2D eigenvalue weighted by atomic mass is 10.1. The number of hydrogen-bond acceptors (Lipinski definition) is 3. The van der Waals surface area contributed by atoms with E-state index in [4.69, 9.17) is 11.6 Å². The smallest absolute Gasteiger partial charge is 0.254 e. The Morgan fingerprint density at radius 2 is 2.00 bits per heavy atom. The van der Waals surface area contributed by atoms with Gasteiger partial charge in [0.25, 0.3) is 5.91 Å². The predicted octanol–water partition coefficient (Wildman–Crippen LogP) is 1.59. The summed E-state index contributed by atoms with van der Waals surface area (Å²) >= 11 is 5.98. The lowest BCUT2D eigenvalue weighted by molar-refractivity contribution is -0.115. The SMILES string of the molecule is CCNCC(=O)Nc1ccc(Cl)c(C(=O)N(C)C)c1. The molecule has 6 heteroatoms. The lowest BCUT2D eigenvalue weighted by Gasteiger charge is -2.13. The monoisotopic (exact) mass is 283 g/mol. The van der Waals surface area contributed by atoms with Crippen LogP contribution < -0.4 is 10.6 Å². The molecule has 0 fully saturated rings. The van der Waals surface area contributed by atoms with Crippen molar-refractivity contribution in [3.05, 3.63) is 28.8 Å². The standard InChI is InChI=1S/C13H18ClN3O2/c1-4-15-8-12(18)16-9-5-6-11(14)10(7-9)13(19)17(2)3/h5-7,15H,4,8H2,1-3H3,(H,16,18). The Hall–Kier alpha value is -1.59. The fraction of sp³-hybridized carbons (Fsp3) is 0.385. The van der Waals surface area contributed by atoms with Gasteiger partial charge in [-0.1, -0.05) is 18.5 Å². The van der Waals surface area contributed by atoms with Crippen LogP contribution in [0.5, 0.6) is 0 Å². The molecule has 1 aromatic carbocycles. The number of benzene rings is 1. The van der Waals surface area contributed by atoms with Crippen LogP contribution in [0.15, 0.2) is 18.2 Å². The number of nitrogens with one attached hydrogen (secondary N) is 2. The van der Waals surface area contributed by atoms with Gasteiger partial charge in [-0.05, 0) is 24.7 Å². The third-order valence-electron chi connectivity index (χ3n) is 2.42. The van der Waals surface area contributed by atoms with Gasteiger partial charge in [0.05, 0.1) is 17.1 Å². The van der Waals surface area contributed by atoms with Crippen molar-refractivity contribution < 1.29 is 9.59 Å². The van der Waals surface area contributed by atoms with Crippen LogP contribution in [-0.2, 0) is 4.79 Å². The van der Waals surface area contributed by atoms with Crippen molar-refractivity contribution in [2.45, 2.75) is 6.92 Å². The molecular weight excluding hydrogens is 266 g/mol. The zero-order chi connectivity index (χ0) is 14.4. The molecule has 0 aliphatic carbocycles. The number of likely N-dealkylation sites (N-methyl/N-ethyl adjacent to an activating group) is 1. The second-order valence-corrected chi connectivity index (χ2v) is 4.63. The number of hydrogen-bond donors (Lipinski definition) is 2. The number of carbonyl (C=O) groups is 2. The molecule has 0 saturated carbocycles. The summed E-state index contributed by atoms with van der Waals surface area (Å²) in [5, 5.41) is 5.99. The predicted molar refractivity (Wildman–Crippen MR) is 76.6 cm³/mol. The van der Waals surface area contributed by atoms with E-state index in [-0.39, 0.29) is 18.4 Å². The van der Waals surface area contributed by atoms with Gasteiger partial charge in [0.2, 0.25) is 5.91 Å². The first-order valence-corrected chi connectivity index (χ1v) is 6.35. The number of carbonyl (C=O) groups excluding carboxylic acids is 2. The summed E-state index contributed by atoms with van der Waals surface area (Å²) in [4.78, 5) is 24.9. The van der Waals surface area contributed by atoms with Gasteiger partial charge in [-0.2, -0.15) is 0 Å². The highest BCUT2D eigenvalue weighted by Gasteiger charge is 2.13. The summed E-state index contributed by atoms with van der Waals surface area (Å²) in [5.41, 5.74) is 0.922. The molecule has 0 atom stereocenters. The third kappa shape index (κ3) is 4.54. The molecule has 1 rings (SSSR count). The molecule has 0 spiro atoms. The lowest BCUT2D eigenvalue weighted by Crippen LogP contribution is -2.28. The maximum atomic E-state index is 11.9. The molecule has 0 aliphatic rings. The molecule has 0 radical (unpaired) electrons. The number of anilines is 1. The first kappa shape index (κ1) is 15.5. The fourth-order valence-corrected chi connectivity index (χ4v) is 1.65. The van der Waals surface area contributed by atoms with E-state index in [2.05, 4.69) is 10.6 Å². The normalized spacial score (nSPS) is 10.1. The van der Waals surface area contributed by atoms with Crippen LogP contribution in [0.1, 0.15) is 17.3 Å². The summed E-state index contributed by atoms with van der Waals surface area (Å²) in [6.45, 7) is 2.87. The van der Waals surface area contributed by atoms with Crippen molar-refractivity contribution in [3.63, 3.8) is 0 Å². The van der Waals surface area contributed by atoms with E-state index in [1.165, 1.54) is 4.90 Å². The largest absolute Gasteiger partial charge is 0.345 e. The van der Waals surface area contributed by atoms with Gasteiger partial charge >= 0.3 is 0 Å². The maximum Gasteiger partial charge on any atom is 0.254 e. The van der Waals surface area contributed by atoms with Gasteiger partial charge in [0, 0.05) is 19.8 Å². The van der Waals surface area contributed by atoms with Gasteiger partial charge in [-0.25, -0.2) is 0 Å². The molecule has 104 valence electrons. The minimum absolute atomic E-state index is 0.160. The topological polar surface area (TPSA) is 61.4 Å². The van der Waals surface area contributed by atoms with E-state index in [9.17, 15) is 9.59 Å². The highest BCUT2D eigenvalue weighted by Crippen LogP contribution is 2.21. The molecule has 0 unspecified atom stereocenters. The summed E-state index contributed by atoms with van der Waals surface area (Å²) < 4.78 is 0. The first-order chi connectivity index (χ1) is 8.95. The quantitative estimate of drug-likeness (QED) is 0.863. The van der Waals surface area contributed by atoms with E-state index in [0.29, 0.717) is 16.3 Å². The van der Waals surface area contributed by atoms with Crippen molar-refractivity contribution >= 4 is 29.1 Å². The zero-order valence-electron chi connectivity index (χ0n) is 11.3. The van der Waals surface area contributed by atoms with Gasteiger partial charge < -0.3 is 15.5 Å². The van der Waals surface area contributed by atoms with Gasteiger partial charge in [0.1, 0.15) is 0 Å². The molecule has 0 aliphatic heterocycles. The molecule has 19 heavy (non-hydrogen) atoms. The van der Waals surface area contributed by atoms with Gasteiger partial charge in [-0.3, -0.25) is 9.59 Å². The molecule has 5 nitrogen and oxygen atoms in total. The summed E-state index contributed by atoms with van der Waals surface area (Å²) in [6.07, 6.45) is 0. The summed E-state index contributed by atoms with van der Waals surface area (Å²) in [7, 11) is 3.30. The fourth-order valence-electron chi connectivity index (χ4n) is 1.45. The van der Waals surface area contributed by atoms with Crippen LogP contribution in [0.3, 0.4) is 0 Å². The highest BCUT2D eigenvalue weighted by atomic mass is 35.5. The Morgan fingerprint density at radius 1 is 1.32 bits per heavy atom. The van der Waals surface area contributed by atoms with Crippen molar-refractivity contribution in [2.24, 2.45) is 0 Å². The Kier molecular flexibility index (Phi) is 5.79. The van der Waals surface area contributed by atoms with Crippen molar-refractivity contribution in [2.75, 3.05) is 32.5 Å². The van der Waals surface area contributed by atoms with E-state index >= 15 is 0 Å². The molecule has 2 N–H and O–H groups in total. The average Bonchev–Trinajstić information content (AvgIpc) is 2.37. The first-order valence-electron chi connectivity index (χ1n) is 5.97. The minimum atomic E-state index is -0.201. The zero-order valence-corrected chi connectivity index (χ0v) is 12.0. The second-order valence-electron chi connectivity index (χ2n) is 4.22. The summed E-state index contributed by atoms with van der Waals surface area (Å²) in [6, 6.07) is 4.84. The minimum Gasteiger partial charge on any atom is -0.345 e. The van der Waals surface area contributed by atoms with E-state index in [1.807, 2.05) is 6.92 Å². The van der Waals surface area contributed by atoms with Crippen LogP contribution >= 0.6 is 11.6 Å². The molecule has 0 heterocycles. The van der Waals surface area contributed by atoms with Gasteiger partial charge in [0.15, 0.2) is 0 Å². The van der Waals surface area contributed by atoms with Crippen LogP contribution in [-0.4, -0.2) is 43.9 Å². The second kappa shape index (κ2) is 7.11. The molecular formula is C13H18ClN3O2. The molecule has 0 saturated heterocycles. The number of amides is 2. The van der Waals surface area contributed by atoms with Crippen molar-refractivity contribution in [1.29, 1.82) is 0 Å². The molecule has 0 bridgehead atoms. The maximum absolute atomic E-state index is 11.9.